The summed E-state index contributed by atoms with van der Waals surface area (Å²) in [7, 11) is -3.55. The van der Waals surface area contributed by atoms with Crippen LogP contribution in [-0.4, -0.2) is 61.5 Å². The summed E-state index contributed by atoms with van der Waals surface area (Å²) in [6, 6.07) is 18.8. The van der Waals surface area contributed by atoms with E-state index in [0.717, 1.165) is 16.0 Å². The lowest BCUT2D eigenvalue weighted by atomic mass is 10.1. The number of carbonyl (C=O) groups excluding carboxylic acids is 1. The molecule has 3 aromatic rings. The second-order valence-corrected chi connectivity index (χ2v) is 11.9. The lowest BCUT2D eigenvalue weighted by molar-refractivity contribution is 0.0528. The highest BCUT2D eigenvalue weighted by molar-refractivity contribution is 7.89. The first-order chi connectivity index (χ1) is 17.3. The number of ether oxygens (including phenoxy) is 1. The van der Waals surface area contributed by atoms with Crippen LogP contribution in [0, 0.1) is 6.92 Å². The summed E-state index contributed by atoms with van der Waals surface area (Å²) in [5, 5.41) is 4.32. The van der Waals surface area contributed by atoms with Crippen molar-refractivity contribution in [3.05, 3.63) is 82.2 Å². The van der Waals surface area contributed by atoms with Crippen LogP contribution in [0.3, 0.4) is 0 Å². The van der Waals surface area contributed by atoms with Crippen LogP contribution < -0.4 is 5.32 Å². The molecule has 1 aliphatic heterocycles. The van der Waals surface area contributed by atoms with Crippen LogP contribution in [0.25, 0.3) is 0 Å². The molecule has 1 N–H and O–H groups in total. The molecule has 0 bridgehead atoms. The van der Waals surface area contributed by atoms with Crippen molar-refractivity contribution in [2.24, 2.45) is 0 Å². The summed E-state index contributed by atoms with van der Waals surface area (Å²) in [5.41, 5.74) is 2.61. The molecule has 0 unspecified atom stereocenters. The summed E-state index contributed by atoms with van der Waals surface area (Å²) in [6.45, 7) is 5.54. The molecule has 1 saturated heterocycles. The van der Waals surface area contributed by atoms with Gasteiger partial charge >= 0.3 is 5.97 Å². The predicted octanol–water partition coefficient (Wildman–Crippen LogP) is 4.53. The number of anilines is 1. The van der Waals surface area contributed by atoms with E-state index in [1.165, 1.54) is 15.6 Å². The van der Waals surface area contributed by atoms with Gasteiger partial charge in [-0.2, -0.15) is 4.31 Å². The van der Waals surface area contributed by atoms with Crippen molar-refractivity contribution < 1.29 is 17.9 Å². The molecule has 1 fully saturated rings. The molecule has 0 spiro atoms. The van der Waals surface area contributed by atoms with Crippen LogP contribution in [0.5, 0.6) is 0 Å². The van der Waals surface area contributed by atoms with E-state index < -0.39 is 16.0 Å². The Labute approximate surface area is 221 Å². The maximum Gasteiger partial charge on any atom is 0.341 e. The molecule has 0 aliphatic carbocycles. The highest BCUT2D eigenvalue weighted by Gasteiger charge is 2.30. The molecule has 4 rings (SSSR count). The highest BCUT2D eigenvalue weighted by Crippen LogP contribution is 2.31. The first-order valence-electron chi connectivity index (χ1n) is 11.7. The van der Waals surface area contributed by atoms with Gasteiger partial charge in [-0.1, -0.05) is 48.0 Å². The molecule has 2 heterocycles. The zero-order chi connectivity index (χ0) is 25.7. The van der Waals surface area contributed by atoms with E-state index in [1.807, 2.05) is 48.2 Å². The largest absolute Gasteiger partial charge is 0.462 e. The standard InChI is InChI=1S/C26H29N3O4S3/c1-3-33-25(30)23-18-21(17-20-7-5-4-6-8-20)35-24(23)27-26(34)28-13-15-29(16-14-28)36(31,32)22-11-9-19(2)10-12-22/h4-12,18H,3,13-17H2,1-2H3,(H,27,34). The molecule has 0 atom stereocenters. The molecule has 2 aromatic carbocycles. The van der Waals surface area contributed by atoms with Crippen LogP contribution in [0.15, 0.2) is 65.6 Å². The SMILES string of the molecule is CCOC(=O)c1cc(Cc2ccccc2)sc1NC(=S)N1CCN(S(=O)(=O)c2ccc(C)cc2)CC1. The molecule has 190 valence electrons. The lowest BCUT2D eigenvalue weighted by Gasteiger charge is -2.35. The van der Waals surface area contributed by atoms with E-state index in [2.05, 4.69) is 5.32 Å². The number of benzene rings is 2. The lowest BCUT2D eigenvalue weighted by Crippen LogP contribution is -2.51. The zero-order valence-corrected chi connectivity index (χ0v) is 22.7. The van der Waals surface area contributed by atoms with Crippen molar-refractivity contribution >= 4 is 49.7 Å². The number of nitrogens with zero attached hydrogens (tertiary/aromatic N) is 2. The molecule has 0 radical (unpaired) electrons. The number of nitrogens with one attached hydrogen (secondary N) is 1. The number of aryl methyl sites for hydroxylation is 1. The van der Waals surface area contributed by atoms with E-state index in [4.69, 9.17) is 17.0 Å². The molecule has 1 aliphatic rings. The summed E-state index contributed by atoms with van der Waals surface area (Å²) in [5.74, 6) is -0.396. The van der Waals surface area contributed by atoms with E-state index in [9.17, 15) is 13.2 Å². The highest BCUT2D eigenvalue weighted by atomic mass is 32.2. The van der Waals surface area contributed by atoms with E-state index in [1.54, 1.807) is 31.2 Å². The van der Waals surface area contributed by atoms with Crippen molar-refractivity contribution in [1.82, 2.24) is 9.21 Å². The second-order valence-electron chi connectivity index (χ2n) is 8.47. The Kier molecular flexibility index (Phi) is 8.40. The summed E-state index contributed by atoms with van der Waals surface area (Å²) < 4.78 is 32.8. The van der Waals surface area contributed by atoms with Crippen molar-refractivity contribution in [2.75, 3.05) is 38.1 Å². The maximum absolute atomic E-state index is 13.0. The van der Waals surface area contributed by atoms with Crippen LogP contribution in [0.2, 0.25) is 0 Å². The van der Waals surface area contributed by atoms with Crippen molar-refractivity contribution in [3.8, 4) is 0 Å². The number of thiocarbonyl (C=S) groups is 1. The number of sulfonamides is 1. The van der Waals surface area contributed by atoms with Gasteiger partial charge in [-0.05, 0) is 49.8 Å². The third kappa shape index (κ3) is 6.12. The predicted molar refractivity (Wildman–Crippen MR) is 147 cm³/mol. The molecule has 0 amide bonds. The molecular formula is C26H29N3O4S3. The van der Waals surface area contributed by atoms with E-state index >= 15 is 0 Å². The van der Waals surface area contributed by atoms with Crippen molar-refractivity contribution in [2.45, 2.75) is 25.2 Å². The van der Waals surface area contributed by atoms with Gasteiger partial charge in [0.25, 0.3) is 0 Å². The van der Waals surface area contributed by atoms with Crippen LogP contribution in [0.1, 0.15) is 33.3 Å². The molecule has 0 saturated carbocycles. The zero-order valence-electron chi connectivity index (χ0n) is 20.3. The first kappa shape index (κ1) is 26.3. The third-order valence-electron chi connectivity index (χ3n) is 5.90. The van der Waals surface area contributed by atoms with Gasteiger partial charge in [-0.3, -0.25) is 0 Å². The minimum Gasteiger partial charge on any atom is -0.462 e. The summed E-state index contributed by atoms with van der Waals surface area (Å²) in [4.78, 5) is 15.9. The van der Waals surface area contributed by atoms with Gasteiger partial charge in [-0.15, -0.1) is 11.3 Å². The Hall–Kier alpha value is -2.79. The number of hydrogen-bond acceptors (Lipinski definition) is 6. The quantitative estimate of drug-likeness (QED) is 0.347. The number of piperazine rings is 1. The van der Waals surface area contributed by atoms with Gasteiger partial charge in [0.15, 0.2) is 5.11 Å². The molecular weight excluding hydrogens is 515 g/mol. The Morgan fingerprint density at radius 2 is 1.72 bits per heavy atom. The Bertz CT molecular complexity index is 1310. The molecule has 36 heavy (non-hydrogen) atoms. The summed E-state index contributed by atoms with van der Waals surface area (Å²) in [6.07, 6.45) is 0.696. The Morgan fingerprint density at radius 3 is 2.36 bits per heavy atom. The Morgan fingerprint density at radius 1 is 1.06 bits per heavy atom. The third-order valence-corrected chi connectivity index (χ3v) is 9.23. The normalized spacial score (nSPS) is 14.4. The number of thiophene rings is 1. The van der Waals surface area contributed by atoms with E-state index in [-0.39, 0.29) is 6.61 Å². The number of rotatable bonds is 7. The van der Waals surface area contributed by atoms with E-state index in [0.29, 0.717) is 53.2 Å². The average molecular weight is 544 g/mol. The second kappa shape index (κ2) is 11.5. The monoisotopic (exact) mass is 543 g/mol. The molecule has 10 heteroatoms. The molecule has 7 nitrogen and oxygen atoms in total. The minimum absolute atomic E-state index is 0.282. The topological polar surface area (TPSA) is 79.0 Å². The van der Waals surface area contributed by atoms with Gasteiger partial charge in [0.05, 0.1) is 17.1 Å². The van der Waals surface area contributed by atoms with Crippen molar-refractivity contribution in [1.29, 1.82) is 0 Å². The minimum atomic E-state index is -3.55. The van der Waals surface area contributed by atoms with Crippen LogP contribution in [-0.2, 0) is 21.2 Å². The first-order valence-corrected chi connectivity index (χ1v) is 14.4. The fourth-order valence-corrected chi connectivity index (χ4v) is 6.80. The van der Waals surface area contributed by atoms with Crippen molar-refractivity contribution in [3.63, 3.8) is 0 Å². The van der Waals surface area contributed by atoms with Gasteiger partial charge in [0.1, 0.15) is 5.00 Å². The van der Waals surface area contributed by atoms with Gasteiger partial charge in [0, 0.05) is 37.5 Å². The van der Waals surface area contributed by atoms with Gasteiger partial charge in [0.2, 0.25) is 10.0 Å². The maximum atomic E-state index is 13.0. The van der Waals surface area contributed by atoms with Gasteiger partial charge < -0.3 is 15.0 Å². The Balaban J connectivity index is 1.43. The smallest absolute Gasteiger partial charge is 0.341 e. The average Bonchev–Trinajstić information content (AvgIpc) is 3.27. The van der Waals surface area contributed by atoms with Crippen LogP contribution in [0.4, 0.5) is 5.00 Å². The fraction of sp³-hybridized carbons (Fsp3) is 0.308. The van der Waals surface area contributed by atoms with Crippen LogP contribution >= 0.6 is 23.6 Å². The number of carbonyl (C=O) groups is 1. The molecule has 1 aromatic heterocycles. The summed E-state index contributed by atoms with van der Waals surface area (Å²) >= 11 is 7.12. The fourth-order valence-electron chi connectivity index (χ4n) is 3.95. The number of hydrogen-bond donors (Lipinski definition) is 1. The number of esters is 1. The van der Waals surface area contributed by atoms with Gasteiger partial charge in [-0.25, -0.2) is 13.2 Å².